The molecule has 150 valence electrons. The summed E-state index contributed by atoms with van der Waals surface area (Å²) in [7, 11) is 0. The van der Waals surface area contributed by atoms with Crippen LogP contribution in [0.5, 0.6) is 0 Å². The van der Waals surface area contributed by atoms with Crippen LogP contribution in [0.4, 0.5) is 15.3 Å². The van der Waals surface area contributed by atoms with Crippen molar-refractivity contribution in [3.63, 3.8) is 0 Å². The minimum Gasteiger partial charge on any atom is -0.444 e. The second-order valence-electron chi connectivity index (χ2n) is 7.72. The number of hydrogen-bond acceptors (Lipinski definition) is 6. The zero-order valence-corrected chi connectivity index (χ0v) is 17.2. The minimum atomic E-state index is -0.515. The SMILES string of the molecule is CC(C)(C)OC(=O)N1CCCN(c2ccccc2C=C2SC(=O)NC2=O)CC1. The maximum absolute atomic E-state index is 12.4. The summed E-state index contributed by atoms with van der Waals surface area (Å²) in [6.45, 7) is 8.24. The molecule has 0 aliphatic carbocycles. The minimum absolute atomic E-state index is 0.290. The van der Waals surface area contributed by atoms with E-state index in [1.807, 2.05) is 45.0 Å². The van der Waals surface area contributed by atoms with Crippen molar-refractivity contribution in [2.24, 2.45) is 0 Å². The van der Waals surface area contributed by atoms with Gasteiger partial charge in [0.25, 0.3) is 11.1 Å². The number of imide groups is 1. The number of nitrogens with zero attached hydrogens (tertiary/aromatic N) is 2. The molecule has 8 heteroatoms. The summed E-state index contributed by atoms with van der Waals surface area (Å²) in [6.07, 6.45) is 2.27. The number of carbonyl (C=O) groups is 3. The summed E-state index contributed by atoms with van der Waals surface area (Å²) in [6, 6.07) is 7.77. The fraction of sp³-hybridized carbons (Fsp3) is 0.450. The Hall–Kier alpha value is -2.48. The van der Waals surface area contributed by atoms with Crippen LogP contribution in [0, 0.1) is 0 Å². The molecular weight excluding hydrogens is 378 g/mol. The van der Waals surface area contributed by atoms with Crippen LogP contribution in [0.1, 0.15) is 32.8 Å². The van der Waals surface area contributed by atoms with Gasteiger partial charge in [0.15, 0.2) is 0 Å². The average molecular weight is 404 g/mol. The van der Waals surface area contributed by atoms with Gasteiger partial charge in [0, 0.05) is 31.9 Å². The highest BCUT2D eigenvalue weighted by Gasteiger charge is 2.27. The highest BCUT2D eigenvalue weighted by Crippen LogP contribution is 2.30. The molecule has 2 saturated heterocycles. The lowest BCUT2D eigenvalue weighted by atomic mass is 10.1. The van der Waals surface area contributed by atoms with E-state index >= 15 is 0 Å². The molecule has 3 rings (SSSR count). The number of amides is 3. The summed E-state index contributed by atoms with van der Waals surface area (Å²) < 4.78 is 5.49. The first-order chi connectivity index (χ1) is 13.2. The molecular formula is C20H25N3O4S. The molecule has 1 aromatic carbocycles. The highest BCUT2D eigenvalue weighted by atomic mass is 32.2. The number of rotatable bonds is 2. The van der Waals surface area contributed by atoms with Crippen molar-refractivity contribution < 1.29 is 19.1 Å². The Balaban J connectivity index is 1.75. The zero-order chi connectivity index (χ0) is 20.3. The van der Waals surface area contributed by atoms with Crippen molar-refractivity contribution in [3.05, 3.63) is 34.7 Å². The predicted molar refractivity (Wildman–Crippen MR) is 110 cm³/mol. The first-order valence-electron chi connectivity index (χ1n) is 9.30. The summed E-state index contributed by atoms with van der Waals surface area (Å²) in [5, 5.41) is 1.93. The van der Waals surface area contributed by atoms with Crippen molar-refractivity contribution in [1.82, 2.24) is 10.2 Å². The third-order valence-electron chi connectivity index (χ3n) is 4.35. The molecule has 1 aromatic rings. The number of hydrogen-bond donors (Lipinski definition) is 1. The van der Waals surface area contributed by atoms with Gasteiger partial charge < -0.3 is 14.5 Å². The van der Waals surface area contributed by atoms with Gasteiger partial charge in [-0.25, -0.2) is 4.79 Å². The number of ether oxygens (including phenoxy) is 1. The van der Waals surface area contributed by atoms with Crippen molar-refractivity contribution in [1.29, 1.82) is 0 Å². The summed E-state index contributed by atoms with van der Waals surface area (Å²) in [4.78, 5) is 40.0. The average Bonchev–Trinajstić information content (AvgIpc) is 2.81. The lowest BCUT2D eigenvalue weighted by molar-refractivity contribution is -0.115. The first kappa shape index (κ1) is 20.3. The number of nitrogens with one attached hydrogen (secondary N) is 1. The van der Waals surface area contributed by atoms with E-state index in [-0.39, 0.29) is 17.2 Å². The Kier molecular flexibility index (Phi) is 5.98. The van der Waals surface area contributed by atoms with Crippen molar-refractivity contribution in [2.75, 3.05) is 31.1 Å². The monoisotopic (exact) mass is 403 g/mol. The van der Waals surface area contributed by atoms with Crippen molar-refractivity contribution in [2.45, 2.75) is 32.8 Å². The van der Waals surface area contributed by atoms with Crippen LogP contribution in [-0.2, 0) is 9.53 Å². The summed E-state index contributed by atoms with van der Waals surface area (Å²) >= 11 is 0.911. The maximum Gasteiger partial charge on any atom is 0.410 e. The third-order valence-corrected chi connectivity index (χ3v) is 5.16. The van der Waals surface area contributed by atoms with E-state index in [1.165, 1.54) is 0 Å². The molecule has 2 heterocycles. The fourth-order valence-corrected chi connectivity index (χ4v) is 3.80. The van der Waals surface area contributed by atoms with Gasteiger partial charge in [0.2, 0.25) is 0 Å². The second kappa shape index (κ2) is 8.26. The molecule has 0 bridgehead atoms. The van der Waals surface area contributed by atoms with Crippen LogP contribution in [0.3, 0.4) is 0 Å². The van der Waals surface area contributed by atoms with Crippen LogP contribution >= 0.6 is 11.8 Å². The van der Waals surface area contributed by atoms with Gasteiger partial charge in [-0.2, -0.15) is 0 Å². The van der Waals surface area contributed by atoms with Crippen LogP contribution in [-0.4, -0.2) is 53.9 Å². The maximum atomic E-state index is 12.4. The van der Waals surface area contributed by atoms with Gasteiger partial charge in [-0.15, -0.1) is 0 Å². The van der Waals surface area contributed by atoms with Gasteiger partial charge >= 0.3 is 6.09 Å². The molecule has 7 nitrogen and oxygen atoms in total. The van der Waals surface area contributed by atoms with Gasteiger partial charge in [-0.3, -0.25) is 14.9 Å². The molecule has 28 heavy (non-hydrogen) atoms. The molecule has 0 spiro atoms. The van der Waals surface area contributed by atoms with E-state index < -0.39 is 5.60 Å². The van der Waals surface area contributed by atoms with Crippen molar-refractivity contribution >= 4 is 40.8 Å². The topological polar surface area (TPSA) is 79.0 Å². The normalized spacial score (nSPS) is 19.6. The van der Waals surface area contributed by atoms with E-state index in [1.54, 1.807) is 11.0 Å². The summed E-state index contributed by atoms with van der Waals surface area (Å²) in [5.41, 5.74) is 1.34. The van der Waals surface area contributed by atoms with Crippen LogP contribution in [0.25, 0.3) is 6.08 Å². The van der Waals surface area contributed by atoms with Gasteiger partial charge in [-0.05, 0) is 56.7 Å². The Bertz CT molecular complexity index is 816. The standard InChI is InChI=1S/C20H25N3O4S/c1-20(2,3)27-19(26)23-10-6-9-22(11-12-23)15-8-5-4-7-14(15)13-16-17(24)21-18(25)28-16/h4-5,7-8,13H,6,9-12H2,1-3H3,(H,21,24,25). The van der Waals surface area contributed by atoms with Crippen molar-refractivity contribution in [3.8, 4) is 0 Å². The quantitative estimate of drug-likeness (QED) is 0.762. The number of carbonyl (C=O) groups excluding carboxylic acids is 3. The largest absolute Gasteiger partial charge is 0.444 e. The number of benzene rings is 1. The fourth-order valence-electron chi connectivity index (χ4n) is 3.13. The highest BCUT2D eigenvalue weighted by molar-refractivity contribution is 8.18. The van der Waals surface area contributed by atoms with E-state index in [0.29, 0.717) is 24.5 Å². The molecule has 0 atom stereocenters. The summed E-state index contributed by atoms with van der Waals surface area (Å²) in [5.74, 6) is -0.364. The van der Waals surface area contributed by atoms with E-state index in [0.717, 1.165) is 36.0 Å². The Morgan fingerprint density at radius 1 is 1.14 bits per heavy atom. The lowest BCUT2D eigenvalue weighted by Crippen LogP contribution is -2.39. The van der Waals surface area contributed by atoms with E-state index in [9.17, 15) is 14.4 Å². The molecule has 0 saturated carbocycles. The molecule has 1 N–H and O–H groups in total. The number of para-hydroxylation sites is 1. The zero-order valence-electron chi connectivity index (χ0n) is 16.4. The second-order valence-corrected chi connectivity index (χ2v) is 8.73. The van der Waals surface area contributed by atoms with Gasteiger partial charge in [0.05, 0.1) is 4.91 Å². The molecule has 2 aliphatic rings. The molecule has 3 amide bonds. The Morgan fingerprint density at radius 2 is 1.89 bits per heavy atom. The van der Waals surface area contributed by atoms with E-state index in [4.69, 9.17) is 4.74 Å². The number of thioether (sulfide) groups is 1. The molecule has 2 aliphatic heterocycles. The van der Waals surface area contributed by atoms with Crippen LogP contribution < -0.4 is 10.2 Å². The predicted octanol–water partition coefficient (Wildman–Crippen LogP) is 3.46. The third kappa shape index (κ3) is 5.07. The van der Waals surface area contributed by atoms with Gasteiger partial charge in [-0.1, -0.05) is 18.2 Å². The molecule has 0 aromatic heterocycles. The molecule has 2 fully saturated rings. The molecule has 0 radical (unpaired) electrons. The smallest absolute Gasteiger partial charge is 0.410 e. The number of anilines is 1. The van der Waals surface area contributed by atoms with Crippen LogP contribution in [0.15, 0.2) is 29.2 Å². The van der Waals surface area contributed by atoms with E-state index in [2.05, 4.69) is 10.2 Å². The van der Waals surface area contributed by atoms with Gasteiger partial charge in [0.1, 0.15) is 5.60 Å². The molecule has 0 unspecified atom stereocenters. The first-order valence-corrected chi connectivity index (χ1v) is 10.1. The van der Waals surface area contributed by atoms with Crippen LogP contribution in [0.2, 0.25) is 0 Å². The Morgan fingerprint density at radius 3 is 2.57 bits per heavy atom. The Labute approximate surface area is 169 Å². The lowest BCUT2D eigenvalue weighted by Gasteiger charge is -2.27.